The van der Waals surface area contributed by atoms with E-state index in [1.807, 2.05) is 25.1 Å². The minimum Gasteiger partial charge on any atom is -0.352 e. The van der Waals surface area contributed by atoms with Crippen LogP contribution in [0.15, 0.2) is 46.0 Å². The molecule has 2 heterocycles. The van der Waals surface area contributed by atoms with Gasteiger partial charge < -0.3 is 19.9 Å². The molecule has 2 aromatic heterocycles. The van der Waals surface area contributed by atoms with Gasteiger partial charge in [0.2, 0.25) is 5.91 Å². The summed E-state index contributed by atoms with van der Waals surface area (Å²) in [6, 6.07) is 10.5. The first-order chi connectivity index (χ1) is 11.5. The Hall–Kier alpha value is -3.09. The normalized spacial score (nSPS) is 10.9. The molecule has 7 heteroatoms. The van der Waals surface area contributed by atoms with Crippen molar-refractivity contribution in [1.29, 1.82) is 0 Å². The van der Waals surface area contributed by atoms with Gasteiger partial charge in [0.25, 0.3) is 5.56 Å². The zero-order chi connectivity index (χ0) is 17.1. The van der Waals surface area contributed by atoms with Crippen LogP contribution in [0.3, 0.4) is 0 Å². The van der Waals surface area contributed by atoms with E-state index < -0.39 is 0 Å². The number of carbonyl (C=O) groups excluding carboxylic acids is 1. The number of aromatic nitrogens is 3. The van der Waals surface area contributed by atoms with E-state index in [9.17, 15) is 14.4 Å². The van der Waals surface area contributed by atoms with Gasteiger partial charge in [-0.05, 0) is 30.7 Å². The second-order valence-corrected chi connectivity index (χ2v) is 5.64. The average molecular weight is 326 g/mol. The number of carbonyl (C=O) groups is 1. The van der Waals surface area contributed by atoms with Gasteiger partial charge in [0.15, 0.2) is 0 Å². The van der Waals surface area contributed by atoms with E-state index in [0.29, 0.717) is 18.6 Å². The van der Waals surface area contributed by atoms with Crippen molar-refractivity contribution in [2.45, 2.75) is 26.4 Å². The Balaban J connectivity index is 1.58. The number of nitrogens with one attached hydrogen (secondary N) is 3. The van der Waals surface area contributed by atoms with Crippen molar-refractivity contribution in [2.24, 2.45) is 0 Å². The van der Waals surface area contributed by atoms with Crippen LogP contribution in [-0.4, -0.2) is 20.4 Å². The first kappa shape index (κ1) is 15.8. The summed E-state index contributed by atoms with van der Waals surface area (Å²) in [7, 11) is 0. The number of hydrogen-bond acceptors (Lipinski definition) is 3. The number of amides is 1. The van der Waals surface area contributed by atoms with Crippen molar-refractivity contribution in [2.75, 3.05) is 0 Å². The maximum absolute atomic E-state index is 12.0. The third-order valence-electron chi connectivity index (χ3n) is 3.90. The molecule has 0 unspecified atom stereocenters. The van der Waals surface area contributed by atoms with Crippen molar-refractivity contribution >= 4 is 16.9 Å². The number of aryl methyl sites for hydroxylation is 1. The molecule has 0 aliphatic rings. The molecular formula is C17H18N4O3. The minimum atomic E-state index is -0.255. The van der Waals surface area contributed by atoms with Crippen LogP contribution in [0.4, 0.5) is 0 Å². The molecule has 0 bridgehead atoms. The summed E-state index contributed by atoms with van der Waals surface area (Å²) in [5.41, 5.74) is 2.79. The van der Waals surface area contributed by atoms with Crippen LogP contribution in [0, 0.1) is 6.92 Å². The molecule has 0 aliphatic heterocycles. The Morgan fingerprint density at radius 3 is 2.71 bits per heavy atom. The zero-order valence-corrected chi connectivity index (χ0v) is 13.3. The molecule has 0 atom stereocenters. The van der Waals surface area contributed by atoms with E-state index in [-0.39, 0.29) is 23.6 Å². The van der Waals surface area contributed by atoms with Gasteiger partial charge in [-0.15, -0.1) is 0 Å². The molecule has 124 valence electrons. The molecule has 0 fully saturated rings. The summed E-state index contributed by atoms with van der Waals surface area (Å²) in [6.45, 7) is 2.55. The van der Waals surface area contributed by atoms with Crippen LogP contribution in [-0.2, 0) is 17.9 Å². The Morgan fingerprint density at radius 1 is 1.12 bits per heavy atom. The number of benzene rings is 1. The van der Waals surface area contributed by atoms with E-state index >= 15 is 0 Å². The molecule has 0 saturated heterocycles. The van der Waals surface area contributed by atoms with Crippen LogP contribution in [0.25, 0.3) is 11.0 Å². The fourth-order valence-corrected chi connectivity index (χ4v) is 2.60. The Kier molecular flexibility index (Phi) is 4.33. The van der Waals surface area contributed by atoms with Gasteiger partial charge in [-0.2, -0.15) is 0 Å². The van der Waals surface area contributed by atoms with Crippen LogP contribution < -0.4 is 16.6 Å². The maximum Gasteiger partial charge on any atom is 0.323 e. The Labute approximate surface area is 137 Å². The number of H-pyrrole nitrogens is 2. The number of aromatic amines is 2. The molecular weight excluding hydrogens is 308 g/mol. The minimum absolute atomic E-state index is 0.107. The SMILES string of the molecule is Cc1cccc(=O)n1CCC(=O)NCc1ccc2[nH]c(=O)[nH]c2c1. The van der Waals surface area contributed by atoms with Gasteiger partial charge >= 0.3 is 5.69 Å². The summed E-state index contributed by atoms with van der Waals surface area (Å²) in [4.78, 5) is 40.3. The molecule has 7 nitrogen and oxygen atoms in total. The lowest BCUT2D eigenvalue weighted by atomic mass is 10.2. The number of pyridine rings is 1. The highest BCUT2D eigenvalue weighted by atomic mass is 16.2. The Morgan fingerprint density at radius 2 is 1.92 bits per heavy atom. The third-order valence-corrected chi connectivity index (χ3v) is 3.90. The number of rotatable bonds is 5. The molecule has 0 aliphatic carbocycles. The van der Waals surface area contributed by atoms with Crippen LogP contribution in [0.2, 0.25) is 0 Å². The number of hydrogen-bond donors (Lipinski definition) is 3. The Bertz CT molecular complexity index is 997. The van der Waals surface area contributed by atoms with Crippen LogP contribution in [0.1, 0.15) is 17.7 Å². The summed E-state index contributed by atoms with van der Waals surface area (Å²) in [6.07, 6.45) is 0.230. The van der Waals surface area contributed by atoms with E-state index in [0.717, 1.165) is 16.8 Å². The van der Waals surface area contributed by atoms with Gasteiger partial charge in [-0.1, -0.05) is 12.1 Å². The number of fused-ring (bicyclic) bond motifs is 1. The second-order valence-electron chi connectivity index (χ2n) is 5.64. The topological polar surface area (TPSA) is 99.8 Å². The molecule has 0 radical (unpaired) electrons. The van der Waals surface area contributed by atoms with E-state index in [2.05, 4.69) is 15.3 Å². The molecule has 24 heavy (non-hydrogen) atoms. The lowest BCUT2D eigenvalue weighted by Gasteiger charge is -2.09. The zero-order valence-electron chi connectivity index (χ0n) is 13.3. The van der Waals surface area contributed by atoms with E-state index in [1.165, 1.54) is 6.07 Å². The molecule has 3 aromatic rings. The molecule has 1 amide bonds. The average Bonchev–Trinajstić information content (AvgIpc) is 2.91. The van der Waals surface area contributed by atoms with Gasteiger partial charge in [0.05, 0.1) is 11.0 Å². The second kappa shape index (κ2) is 6.57. The van der Waals surface area contributed by atoms with Crippen molar-refractivity contribution in [1.82, 2.24) is 19.9 Å². The van der Waals surface area contributed by atoms with Crippen LogP contribution in [0.5, 0.6) is 0 Å². The van der Waals surface area contributed by atoms with Gasteiger partial charge in [-0.25, -0.2) is 4.79 Å². The van der Waals surface area contributed by atoms with Crippen molar-refractivity contribution in [3.05, 3.63) is 68.5 Å². The monoisotopic (exact) mass is 326 g/mol. The predicted octanol–water partition coefficient (Wildman–Crippen LogP) is 1.03. The summed E-state index contributed by atoms with van der Waals surface area (Å²) in [5.74, 6) is -0.132. The van der Waals surface area contributed by atoms with Crippen molar-refractivity contribution in [3.63, 3.8) is 0 Å². The highest BCUT2D eigenvalue weighted by Crippen LogP contribution is 2.09. The molecule has 3 rings (SSSR count). The van der Waals surface area contributed by atoms with E-state index in [4.69, 9.17) is 0 Å². The molecule has 1 aromatic carbocycles. The highest BCUT2D eigenvalue weighted by Gasteiger charge is 2.06. The smallest absolute Gasteiger partial charge is 0.323 e. The lowest BCUT2D eigenvalue weighted by molar-refractivity contribution is -0.121. The summed E-state index contributed by atoms with van der Waals surface area (Å²) in [5, 5.41) is 2.82. The summed E-state index contributed by atoms with van der Waals surface area (Å²) < 4.78 is 1.58. The molecule has 3 N–H and O–H groups in total. The van der Waals surface area contributed by atoms with Gasteiger partial charge in [0, 0.05) is 31.3 Å². The third kappa shape index (κ3) is 3.45. The summed E-state index contributed by atoms with van der Waals surface area (Å²) >= 11 is 0. The fourth-order valence-electron chi connectivity index (χ4n) is 2.60. The first-order valence-electron chi connectivity index (χ1n) is 7.67. The quantitative estimate of drug-likeness (QED) is 0.653. The standard InChI is InChI=1S/C17H18N4O3/c1-11-3-2-4-16(23)21(11)8-7-15(22)18-10-12-5-6-13-14(9-12)20-17(24)19-13/h2-6,9H,7-8,10H2,1H3,(H,18,22)(H2,19,20,24). The van der Waals surface area contributed by atoms with Crippen LogP contribution >= 0.6 is 0 Å². The van der Waals surface area contributed by atoms with Gasteiger partial charge in [0.1, 0.15) is 0 Å². The number of imidazole rings is 1. The first-order valence-corrected chi connectivity index (χ1v) is 7.67. The van der Waals surface area contributed by atoms with E-state index in [1.54, 1.807) is 16.7 Å². The largest absolute Gasteiger partial charge is 0.352 e. The lowest BCUT2D eigenvalue weighted by Crippen LogP contribution is -2.27. The fraction of sp³-hybridized carbons (Fsp3) is 0.235. The molecule has 0 spiro atoms. The van der Waals surface area contributed by atoms with Gasteiger partial charge in [-0.3, -0.25) is 9.59 Å². The molecule has 0 saturated carbocycles. The number of nitrogens with zero attached hydrogens (tertiary/aromatic N) is 1. The maximum atomic E-state index is 12.0. The highest BCUT2D eigenvalue weighted by molar-refractivity contribution is 5.77. The predicted molar refractivity (Wildman–Crippen MR) is 90.8 cm³/mol. The van der Waals surface area contributed by atoms with Crippen molar-refractivity contribution in [3.8, 4) is 0 Å². The van der Waals surface area contributed by atoms with Crippen molar-refractivity contribution < 1.29 is 4.79 Å².